The highest BCUT2D eigenvalue weighted by Gasteiger charge is 2.16. The normalized spacial score (nSPS) is 11.6. The van der Waals surface area contributed by atoms with E-state index in [0.717, 1.165) is 39.0 Å². The van der Waals surface area contributed by atoms with Gasteiger partial charge in [-0.2, -0.15) is 0 Å². The number of para-hydroxylation sites is 1. The van der Waals surface area contributed by atoms with Crippen LogP contribution >= 0.6 is 0 Å². The van der Waals surface area contributed by atoms with Crippen molar-refractivity contribution in [3.05, 3.63) is 188 Å². The highest BCUT2D eigenvalue weighted by atomic mass is 16.3. The molecule has 234 valence electrons. The maximum absolute atomic E-state index is 6.18. The van der Waals surface area contributed by atoms with Crippen LogP contribution in [0, 0.1) is 0 Å². The Morgan fingerprint density at radius 1 is 0.280 bits per heavy atom. The third kappa shape index (κ3) is 4.89. The highest BCUT2D eigenvalue weighted by molar-refractivity contribution is 6.06. The molecule has 1 aromatic heterocycles. The lowest BCUT2D eigenvalue weighted by molar-refractivity contribution is 0.669. The van der Waals surface area contributed by atoms with Gasteiger partial charge in [-0.05, 0) is 121 Å². The van der Waals surface area contributed by atoms with Crippen LogP contribution in [0.4, 0.5) is 17.1 Å². The van der Waals surface area contributed by atoms with Crippen LogP contribution in [0.2, 0.25) is 0 Å². The summed E-state index contributed by atoms with van der Waals surface area (Å²) in [5, 5.41) is 9.66. The van der Waals surface area contributed by atoms with E-state index in [2.05, 4.69) is 181 Å². The van der Waals surface area contributed by atoms with Crippen LogP contribution in [0.25, 0.3) is 76.5 Å². The molecule has 2 nitrogen and oxygen atoms in total. The van der Waals surface area contributed by atoms with Crippen molar-refractivity contribution in [3.8, 4) is 22.3 Å². The summed E-state index contributed by atoms with van der Waals surface area (Å²) in [5.74, 6) is 0. The number of hydrogen-bond donors (Lipinski definition) is 0. The van der Waals surface area contributed by atoms with Crippen molar-refractivity contribution < 1.29 is 4.42 Å². The predicted octanol–water partition coefficient (Wildman–Crippen LogP) is 13.8. The number of nitrogens with zero attached hydrogens (tertiary/aromatic N) is 1. The molecule has 1 heterocycles. The minimum atomic E-state index is 0.892. The summed E-state index contributed by atoms with van der Waals surface area (Å²) >= 11 is 0. The molecule has 0 unspecified atom stereocenters. The molecule has 0 saturated heterocycles. The molecule has 0 aliphatic carbocycles. The van der Waals surface area contributed by atoms with Gasteiger partial charge < -0.3 is 9.32 Å². The molecule has 10 aromatic rings. The van der Waals surface area contributed by atoms with Crippen LogP contribution in [0.3, 0.4) is 0 Å². The SMILES string of the molecule is c1ccc2cc(-c3ccc4ccc(-c5ccc(N(c6ccc7ccccc7c6)c6ccc7oc8ccccc8c7c6)cc5)cc4c3)ccc2c1. The first-order chi connectivity index (χ1) is 24.7. The summed E-state index contributed by atoms with van der Waals surface area (Å²) in [6, 6.07) is 67.7. The molecular formula is C48H31NO. The van der Waals surface area contributed by atoms with E-state index in [1.54, 1.807) is 0 Å². The van der Waals surface area contributed by atoms with Gasteiger partial charge in [-0.1, -0.05) is 121 Å². The van der Waals surface area contributed by atoms with Crippen LogP contribution in [0.15, 0.2) is 192 Å². The topological polar surface area (TPSA) is 16.4 Å². The molecular weight excluding hydrogens is 607 g/mol. The van der Waals surface area contributed by atoms with Gasteiger partial charge in [0.1, 0.15) is 11.2 Å². The molecule has 0 N–H and O–H groups in total. The van der Waals surface area contributed by atoms with Gasteiger partial charge in [0.15, 0.2) is 0 Å². The quantitative estimate of drug-likeness (QED) is 0.187. The van der Waals surface area contributed by atoms with E-state index < -0.39 is 0 Å². The zero-order valence-corrected chi connectivity index (χ0v) is 27.3. The molecule has 0 aliphatic rings. The van der Waals surface area contributed by atoms with E-state index in [1.165, 1.54) is 54.6 Å². The van der Waals surface area contributed by atoms with Gasteiger partial charge in [-0.25, -0.2) is 0 Å². The van der Waals surface area contributed by atoms with E-state index in [4.69, 9.17) is 4.42 Å². The second-order valence-corrected chi connectivity index (χ2v) is 13.0. The van der Waals surface area contributed by atoms with Crippen LogP contribution in [-0.2, 0) is 0 Å². The number of anilines is 3. The average molecular weight is 638 g/mol. The fourth-order valence-corrected chi connectivity index (χ4v) is 7.39. The Kier molecular flexibility index (Phi) is 6.53. The Morgan fingerprint density at radius 3 is 1.46 bits per heavy atom. The third-order valence-electron chi connectivity index (χ3n) is 9.99. The number of rotatable bonds is 5. The van der Waals surface area contributed by atoms with Crippen LogP contribution in [0.5, 0.6) is 0 Å². The van der Waals surface area contributed by atoms with Crippen LogP contribution in [0.1, 0.15) is 0 Å². The summed E-state index contributed by atoms with van der Waals surface area (Å²) in [5.41, 5.74) is 9.92. The van der Waals surface area contributed by atoms with E-state index in [9.17, 15) is 0 Å². The Labute approximate surface area is 290 Å². The number of furan rings is 1. The van der Waals surface area contributed by atoms with E-state index in [-0.39, 0.29) is 0 Å². The fraction of sp³-hybridized carbons (Fsp3) is 0. The van der Waals surface area contributed by atoms with Gasteiger partial charge in [-0.15, -0.1) is 0 Å². The minimum Gasteiger partial charge on any atom is -0.456 e. The first-order valence-corrected chi connectivity index (χ1v) is 17.1. The summed E-state index contributed by atoms with van der Waals surface area (Å²) in [6.07, 6.45) is 0. The number of hydrogen-bond acceptors (Lipinski definition) is 2. The maximum atomic E-state index is 6.18. The van der Waals surface area contributed by atoms with Crippen molar-refractivity contribution in [2.24, 2.45) is 0 Å². The molecule has 10 rings (SSSR count). The second kappa shape index (κ2) is 11.5. The lowest BCUT2D eigenvalue weighted by atomic mass is 9.96. The van der Waals surface area contributed by atoms with Crippen molar-refractivity contribution in [3.63, 3.8) is 0 Å². The van der Waals surface area contributed by atoms with E-state index in [0.29, 0.717) is 0 Å². The lowest BCUT2D eigenvalue weighted by Crippen LogP contribution is -2.09. The lowest BCUT2D eigenvalue weighted by Gasteiger charge is -2.26. The summed E-state index contributed by atoms with van der Waals surface area (Å²) in [7, 11) is 0. The van der Waals surface area contributed by atoms with Crippen molar-refractivity contribution in [1.29, 1.82) is 0 Å². The molecule has 0 saturated carbocycles. The molecule has 0 spiro atoms. The third-order valence-corrected chi connectivity index (χ3v) is 9.99. The molecule has 0 radical (unpaired) electrons. The zero-order chi connectivity index (χ0) is 33.0. The summed E-state index contributed by atoms with van der Waals surface area (Å²) in [4.78, 5) is 2.34. The van der Waals surface area contributed by atoms with Gasteiger partial charge in [0.2, 0.25) is 0 Å². The molecule has 0 aliphatic heterocycles. The average Bonchev–Trinajstić information content (AvgIpc) is 3.56. The van der Waals surface area contributed by atoms with Crippen molar-refractivity contribution in [2.45, 2.75) is 0 Å². The standard InChI is InChI=1S/C48H31NO/c1-3-9-36-27-39(17-13-32(36)7-1)40-18-15-35-14-16-38(28-41(35)29-40)34-19-22-42(23-20-34)49(43-24-21-33-8-2-4-10-37(33)30-43)44-25-26-48-46(31-44)45-11-5-6-12-47(45)50-48/h1-31H. The van der Waals surface area contributed by atoms with Crippen molar-refractivity contribution >= 4 is 71.3 Å². The van der Waals surface area contributed by atoms with E-state index >= 15 is 0 Å². The summed E-state index contributed by atoms with van der Waals surface area (Å²) < 4.78 is 6.18. The number of benzene rings is 9. The Morgan fingerprint density at radius 2 is 0.740 bits per heavy atom. The second-order valence-electron chi connectivity index (χ2n) is 13.0. The minimum absolute atomic E-state index is 0.892. The first kappa shape index (κ1) is 28.4. The first-order valence-electron chi connectivity index (χ1n) is 17.1. The highest BCUT2D eigenvalue weighted by Crippen LogP contribution is 2.40. The molecule has 9 aromatic carbocycles. The molecule has 0 atom stereocenters. The van der Waals surface area contributed by atoms with Gasteiger partial charge in [0.25, 0.3) is 0 Å². The molecule has 50 heavy (non-hydrogen) atoms. The van der Waals surface area contributed by atoms with Gasteiger partial charge in [-0.3, -0.25) is 0 Å². The summed E-state index contributed by atoms with van der Waals surface area (Å²) in [6.45, 7) is 0. The molecule has 2 heteroatoms. The van der Waals surface area contributed by atoms with Crippen molar-refractivity contribution in [1.82, 2.24) is 0 Å². The Hall–Kier alpha value is -6.64. The van der Waals surface area contributed by atoms with Crippen LogP contribution in [-0.4, -0.2) is 0 Å². The van der Waals surface area contributed by atoms with Crippen molar-refractivity contribution in [2.75, 3.05) is 4.90 Å². The molecule has 0 amide bonds. The Bertz CT molecular complexity index is 2880. The Balaban J connectivity index is 1.05. The molecule has 0 fully saturated rings. The zero-order valence-electron chi connectivity index (χ0n) is 27.3. The van der Waals surface area contributed by atoms with Gasteiger partial charge >= 0.3 is 0 Å². The molecule has 0 bridgehead atoms. The van der Waals surface area contributed by atoms with Gasteiger partial charge in [0, 0.05) is 27.8 Å². The smallest absolute Gasteiger partial charge is 0.135 e. The monoisotopic (exact) mass is 637 g/mol. The largest absolute Gasteiger partial charge is 0.456 e. The predicted molar refractivity (Wildman–Crippen MR) is 212 cm³/mol. The number of fused-ring (bicyclic) bond motifs is 6. The van der Waals surface area contributed by atoms with Gasteiger partial charge in [0.05, 0.1) is 0 Å². The maximum Gasteiger partial charge on any atom is 0.135 e. The van der Waals surface area contributed by atoms with Crippen LogP contribution < -0.4 is 4.90 Å². The van der Waals surface area contributed by atoms with E-state index in [1.807, 2.05) is 12.1 Å². The fourth-order valence-electron chi connectivity index (χ4n) is 7.39.